The van der Waals surface area contributed by atoms with E-state index in [-0.39, 0.29) is 0 Å². The van der Waals surface area contributed by atoms with Crippen LogP contribution in [0.4, 0.5) is 5.69 Å². The van der Waals surface area contributed by atoms with Gasteiger partial charge in [0, 0.05) is 12.2 Å². The van der Waals surface area contributed by atoms with Crippen LogP contribution in [-0.4, -0.2) is 13.1 Å². The van der Waals surface area contributed by atoms with Crippen molar-refractivity contribution in [3.63, 3.8) is 0 Å². The third-order valence-corrected chi connectivity index (χ3v) is 3.77. The van der Waals surface area contributed by atoms with Gasteiger partial charge in [0.15, 0.2) is 0 Å². The van der Waals surface area contributed by atoms with Gasteiger partial charge in [-0.3, -0.25) is 0 Å². The van der Waals surface area contributed by atoms with E-state index in [1.807, 2.05) is 42.5 Å². The van der Waals surface area contributed by atoms with E-state index in [0.717, 1.165) is 17.8 Å². The lowest BCUT2D eigenvalue weighted by atomic mass is 9.91. The fraction of sp³-hybridized carbons (Fsp3) is 0.278. The van der Waals surface area contributed by atoms with E-state index in [2.05, 4.69) is 36.9 Å². The van der Waals surface area contributed by atoms with Gasteiger partial charge in [0.2, 0.25) is 0 Å². The predicted molar refractivity (Wildman–Crippen MR) is 87.0 cm³/mol. The van der Waals surface area contributed by atoms with E-state index in [1.165, 1.54) is 5.56 Å². The van der Waals surface area contributed by atoms with E-state index in [0.29, 0.717) is 6.54 Å². The molecule has 2 aromatic carbocycles. The first-order valence-corrected chi connectivity index (χ1v) is 7.17. The molecule has 0 aliphatic heterocycles. The van der Waals surface area contributed by atoms with Crippen LogP contribution in [-0.2, 0) is 5.54 Å². The molecule has 3 heteroatoms. The summed E-state index contributed by atoms with van der Waals surface area (Å²) in [5.74, 6) is 0. The Bertz CT molecular complexity index is 630. The molecule has 0 fully saturated rings. The third-order valence-electron chi connectivity index (χ3n) is 3.77. The summed E-state index contributed by atoms with van der Waals surface area (Å²) in [4.78, 5) is 2.16. The first-order chi connectivity index (χ1) is 10.1. The van der Waals surface area contributed by atoms with Gasteiger partial charge in [-0.25, -0.2) is 0 Å². The lowest BCUT2D eigenvalue weighted by Gasteiger charge is -2.32. The van der Waals surface area contributed by atoms with Crippen LogP contribution in [0.1, 0.15) is 18.1 Å². The first-order valence-electron chi connectivity index (χ1n) is 7.17. The summed E-state index contributed by atoms with van der Waals surface area (Å²) >= 11 is 0. The van der Waals surface area contributed by atoms with Crippen LogP contribution < -0.4 is 10.6 Å². The van der Waals surface area contributed by atoms with E-state index >= 15 is 0 Å². The molecule has 3 nitrogen and oxygen atoms in total. The Morgan fingerprint density at radius 3 is 2.29 bits per heavy atom. The highest BCUT2D eigenvalue weighted by Crippen LogP contribution is 2.25. The highest BCUT2D eigenvalue weighted by Gasteiger charge is 2.30. The third kappa shape index (κ3) is 3.24. The minimum atomic E-state index is -1.01. The molecule has 0 radical (unpaired) electrons. The number of rotatable bonds is 5. The van der Waals surface area contributed by atoms with Crippen molar-refractivity contribution in [3.8, 4) is 6.07 Å². The highest BCUT2D eigenvalue weighted by atomic mass is 15.1. The second-order valence-electron chi connectivity index (χ2n) is 5.25. The van der Waals surface area contributed by atoms with E-state index < -0.39 is 5.54 Å². The zero-order valence-electron chi connectivity index (χ0n) is 12.6. The quantitative estimate of drug-likeness (QED) is 0.914. The van der Waals surface area contributed by atoms with Gasteiger partial charge in [-0.2, -0.15) is 5.26 Å². The largest absolute Gasteiger partial charge is 0.368 e. The lowest BCUT2D eigenvalue weighted by molar-refractivity contribution is 0.557. The molecule has 2 aromatic rings. The molecule has 0 spiro atoms. The molecule has 0 aromatic heterocycles. The molecule has 0 saturated heterocycles. The fourth-order valence-corrected chi connectivity index (χ4v) is 2.51. The second kappa shape index (κ2) is 6.43. The van der Waals surface area contributed by atoms with Crippen molar-refractivity contribution in [1.82, 2.24) is 0 Å². The highest BCUT2D eigenvalue weighted by molar-refractivity contribution is 5.54. The predicted octanol–water partition coefficient (Wildman–Crippen LogP) is 3.20. The molecular weight excluding hydrogens is 258 g/mol. The fourth-order valence-electron chi connectivity index (χ4n) is 2.51. The SMILES string of the molecule is CCN(CC(N)(C#N)c1ccccc1)c1ccccc1C. The zero-order chi connectivity index (χ0) is 15.3. The van der Waals surface area contributed by atoms with Crippen molar-refractivity contribution in [2.75, 3.05) is 18.0 Å². The number of hydrogen-bond acceptors (Lipinski definition) is 3. The van der Waals surface area contributed by atoms with Crippen LogP contribution in [0.5, 0.6) is 0 Å². The van der Waals surface area contributed by atoms with Gasteiger partial charge in [0.05, 0.1) is 12.6 Å². The number of likely N-dealkylation sites (N-methyl/N-ethyl adjacent to an activating group) is 1. The summed E-state index contributed by atoms with van der Waals surface area (Å²) in [5, 5.41) is 9.60. The maximum absolute atomic E-state index is 9.60. The van der Waals surface area contributed by atoms with Crippen molar-refractivity contribution < 1.29 is 0 Å². The molecule has 21 heavy (non-hydrogen) atoms. The summed E-state index contributed by atoms with van der Waals surface area (Å²) in [6, 6.07) is 20.0. The Morgan fingerprint density at radius 2 is 1.71 bits per heavy atom. The monoisotopic (exact) mass is 279 g/mol. The number of nitrogens with zero attached hydrogens (tertiary/aromatic N) is 2. The van der Waals surface area contributed by atoms with Crippen LogP contribution in [0.15, 0.2) is 54.6 Å². The molecule has 0 aliphatic carbocycles. The molecule has 1 unspecified atom stereocenters. The summed E-state index contributed by atoms with van der Waals surface area (Å²) in [6.07, 6.45) is 0. The van der Waals surface area contributed by atoms with Gasteiger partial charge >= 0.3 is 0 Å². The smallest absolute Gasteiger partial charge is 0.147 e. The van der Waals surface area contributed by atoms with Crippen LogP contribution in [0.25, 0.3) is 0 Å². The van der Waals surface area contributed by atoms with Crippen molar-refractivity contribution in [3.05, 3.63) is 65.7 Å². The number of para-hydroxylation sites is 1. The number of hydrogen-bond donors (Lipinski definition) is 1. The molecule has 2 rings (SSSR count). The summed E-state index contributed by atoms with van der Waals surface area (Å²) in [6.45, 7) is 5.42. The number of anilines is 1. The van der Waals surface area contributed by atoms with Gasteiger partial charge < -0.3 is 10.6 Å². The Morgan fingerprint density at radius 1 is 1.10 bits per heavy atom. The molecule has 0 amide bonds. The van der Waals surface area contributed by atoms with E-state index in [1.54, 1.807) is 0 Å². The van der Waals surface area contributed by atoms with Crippen molar-refractivity contribution in [2.45, 2.75) is 19.4 Å². The van der Waals surface area contributed by atoms with Gasteiger partial charge in [0.25, 0.3) is 0 Å². The van der Waals surface area contributed by atoms with Gasteiger partial charge in [-0.15, -0.1) is 0 Å². The molecule has 0 saturated carbocycles. The standard InChI is InChI=1S/C18H21N3/c1-3-21(17-12-8-7-9-15(17)2)14-18(20,13-19)16-10-5-4-6-11-16/h4-12H,3,14,20H2,1-2H3. The van der Waals surface area contributed by atoms with Crippen LogP contribution >= 0.6 is 0 Å². The molecular formula is C18H21N3. The lowest BCUT2D eigenvalue weighted by Crippen LogP contribution is -2.47. The summed E-state index contributed by atoms with van der Waals surface area (Å²) in [5.41, 5.74) is 8.53. The Hall–Kier alpha value is -2.31. The molecule has 108 valence electrons. The molecule has 0 aliphatic rings. The van der Waals surface area contributed by atoms with Gasteiger partial charge in [-0.05, 0) is 31.0 Å². The molecule has 0 bridgehead atoms. The maximum atomic E-state index is 9.60. The Kier molecular flexibility index (Phi) is 4.62. The number of nitriles is 1. The van der Waals surface area contributed by atoms with E-state index in [4.69, 9.17) is 5.73 Å². The zero-order valence-corrected chi connectivity index (χ0v) is 12.6. The van der Waals surface area contributed by atoms with E-state index in [9.17, 15) is 5.26 Å². The summed E-state index contributed by atoms with van der Waals surface area (Å²) < 4.78 is 0. The normalized spacial score (nSPS) is 13.2. The Labute approximate surface area is 126 Å². The van der Waals surface area contributed by atoms with Crippen molar-refractivity contribution in [1.29, 1.82) is 5.26 Å². The minimum Gasteiger partial charge on any atom is -0.368 e. The topological polar surface area (TPSA) is 53.0 Å². The van der Waals surface area contributed by atoms with Crippen LogP contribution in [0.2, 0.25) is 0 Å². The first kappa shape index (κ1) is 15.1. The average molecular weight is 279 g/mol. The van der Waals surface area contributed by atoms with Gasteiger partial charge in [-0.1, -0.05) is 48.5 Å². The Balaban J connectivity index is 2.33. The van der Waals surface area contributed by atoms with Crippen molar-refractivity contribution >= 4 is 5.69 Å². The molecule has 2 N–H and O–H groups in total. The molecule has 1 atom stereocenters. The number of nitrogens with two attached hydrogens (primary N) is 1. The van der Waals surface area contributed by atoms with Gasteiger partial charge in [0.1, 0.15) is 5.54 Å². The van der Waals surface area contributed by atoms with Crippen LogP contribution in [0.3, 0.4) is 0 Å². The van der Waals surface area contributed by atoms with Crippen LogP contribution in [0, 0.1) is 18.3 Å². The summed E-state index contributed by atoms with van der Waals surface area (Å²) in [7, 11) is 0. The minimum absolute atomic E-state index is 0.467. The number of aryl methyl sites for hydroxylation is 1. The second-order valence-corrected chi connectivity index (χ2v) is 5.25. The average Bonchev–Trinajstić information content (AvgIpc) is 2.54. The maximum Gasteiger partial charge on any atom is 0.147 e. The molecule has 0 heterocycles. The number of benzene rings is 2. The van der Waals surface area contributed by atoms with Crippen molar-refractivity contribution in [2.24, 2.45) is 5.73 Å².